The Labute approximate surface area is 149 Å². The first-order chi connectivity index (χ1) is 12.0. The summed E-state index contributed by atoms with van der Waals surface area (Å²) in [6.45, 7) is 3.95. The van der Waals surface area contributed by atoms with Gasteiger partial charge in [0.1, 0.15) is 0 Å². The maximum Gasteiger partial charge on any atom is 0.251 e. The lowest BCUT2D eigenvalue weighted by atomic mass is 10.1. The second-order valence-corrected chi connectivity index (χ2v) is 6.96. The molecule has 0 saturated heterocycles. The van der Waals surface area contributed by atoms with E-state index in [-0.39, 0.29) is 23.1 Å². The van der Waals surface area contributed by atoms with Crippen molar-refractivity contribution in [2.75, 3.05) is 11.1 Å². The van der Waals surface area contributed by atoms with Crippen LogP contribution in [0.1, 0.15) is 25.5 Å². The molecule has 0 aliphatic rings. The number of thioether (sulfide) groups is 1. The SMILES string of the molecule is CC(C)c1cc(=O)[nH]c(SCC(=O)Nc2cccc3ccccc23)n1. The molecule has 1 aromatic heterocycles. The summed E-state index contributed by atoms with van der Waals surface area (Å²) in [7, 11) is 0. The molecule has 1 heterocycles. The summed E-state index contributed by atoms with van der Waals surface area (Å²) in [4.78, 5) is 31.0. The van der Waals surface area contributed by atoms with E-state index in [0.29, 0.717) is 5.16 Å². The van der Waals surface area contributed by atoms with E-state index in [1.54, 1.807) is 0 Å². The summed E-state index contributed by atoms with van der Waals surface area (Å²) in [5, 5.41) is 5.46. The summed E-state index contributed by atoms with van der Waals surface area (Å²) in [6.07, 6.45) is 0. The molecule has 0 unspecified atom stereocenters. The Morgan fingerprint density at radius 2 is 1.96 bits per heavy atom. The van der Waals surface area contributed by atoms with Crippen molar-refractivity contribution in [2.45, 2.75) is 24.9 Å². The third-order valence-electron chi connectivity index (χ3n) is 3.73. The van der Waals surface area contributed by atoms with Gasteiger partial charge in [0.05, 0.1) is 11.4 Å². The molecule has 3 aromatic rings. The quantitative estimate of drug-likeness (QED) is 0.541. The van der Waals surface area contributed by atoms with E-state index in [4.69, 9.17) is 0 Å². The smallest absolute Gasteiger partial charge is 0.251 e. The van der Waals surface area contributed by atoms with E-state index in [9.17, 15) is 9.59 Å². The first-order valence-electron chi connectivity index (χ1n) is 8.04. The molecule has 0 spiro atoms. The summed E-state index contributed by atoms with van der Waals surface area (Å²) >= 11 is 1.22. The van der Waals surface area contributed by atoms with Crippen LogP contribution >= 0.6 is 11.8 Å². The maximum atomic E-state index is 12.3. The van der Waals surface area contributed by atoms with Gasteiger partial charge in [-0.15, -0.1) is 0 Å². The number of anilines is 1. The zero-order valence-electron chi connectivity index (χ0n) is 14.1. The predicted octanol–water partition coefficient (Wildman–Crippen LogP) is 3.78. The van der Waals surface area contributed by atoms with Gasteiger partial charge >= 0.3 is 0 Å². The lowest BCUT2D eigenvalue weighted by Gasteiger charge is -2.09. The van der Waals surface area contributed by atoms with Crippen molar-refractivity contribution in [1.29, 1.82) is 0 Å². The first-order valence-corrected chi connectivity index (χ1v) is 9.03. The van der Waals surface area contributed by atoms with Crippen molar-refractivity contribution < 1.29 is 4.79 Å². The number of nitrogens with one attached hydrogen (secondary N) is 2. The van der Waals surface area contributed by atoms with Gasteiger partial charge in [0, 0.05) is 17.1 Å². The molecule has 128 valence electrons. The van der Waals surface area contributed by atoms with Crippen LogP contribution in [0.5, 0.6) is 0 Å². The number of benzene rings is 2. The van der Waals surface area contributed by atoms with Crippen LogP contribution < -0.4 is 10.9 Å². The zero-order valence-corrected chi connectivity index (χ0v) is 14.9. The average molecular weight is 353 g/mol. The molecule has 0 radical (unpaired) electrons. The molecule has 0 fully saturated rings. The summed E-state index contributed by atoms with van der Waals surface area (Å²) in [5.41, 5.74) is 1.30. The predicted molar refractivity (Wildman–Crippen MR) is 102 cm³/mol. The highest BCUT2D eigenvalue weighted by molar-refractivity contribution is 7.99. The van der Waals surface area contributed by atoms with Crippen LogP contribution in [0.15, 0.2) is 58.5 Å². The Morgan fingerprint density at radius 3 is 2.76 bits per heavy atom. The fourth-order valence-electron chi connectivity index (χ4n) is 2.47. The molecular weight excluding hydrogens is 334 g/mol. The number of fused-ring (bicyclic) bond motifs is 1. The largest absolute Gasteiger partial charge is 0.325 e. The van der Waals surface area contributed by atoms with E-state index in [0.717, 1.165) is 22.2 Å². The highest BCUT2D eigenvalue weighted by Gasteiger charge is 2.10. The fraction of sp³-hybridized carbons (Fsp3) is 0.211. The van der Waals surface area contributed by atoms with E-state index < -0.39 is 0 Å². The van der Waals surface area contributed by atoms with E-state index in [1.165, 1.54) is 17.8 Å². The van der Waals surface area contributed by atoms with Gasteiger partial charge < -0.3 is 10.3 Å². The standard InChI is InChI=1S/C19H19N3O2S/c1-12(2)16-10-17(23)22-19(21-16)25-11-18(24)20-15-9-5-7-13-6-3-4-8-14(13)15/h3-10,12H,11H2,1-2H3,(H,20,24)(H,21,22,23). The number of aromatic nitrogens is 2. The Morgan fingerprint density at radius 1 is 1.20 bits per heavy atom. The number of hydrogen-bond acceptors (Lipinski definition) is 4. The topological polar surface area (TPSA) is 74.8 Å². The lowest BCUT2D eigenvalue weighted by molar-refractivity contribution is -0.113. The van der Waals surface area contributed by atoms with Crippen LogP contribution in [0, 0.1) is 0 Å². The summed E-state index contributed by atoms with van der Waals surface area (Å²) in [6, 6.07) is 15.2. The molecule has 25 heavy (non-hydrogen) atoms. The Hall–Kier alpha value is -2.60. The molecule has 0 aliphatic carbocycles. The molecule has 5 nitrogen and oxygen atoms in total. The second kappa shape index (κ2) is 7.53. The number of nitrogens with zero attached hydrogens (tertiary/aromatic N) is 1. The molecule has 0 aliphatic heterocycles. The normalized spacial score (nSPS) is 11.0. The van der Waals surface area contributed by atoms with Crippen LogP contribution in [-0.4, -0.2) is 21.6 Å². The summed E-state index contributed by atoms with van der Waals surface area (Å²) in [5.74, 6) is 0.193. The number of carbonyl (C=O) groups excluding carboxylic acids is 1. The van der Waals surface area contributed by atoms with Crippen LogP contribution in [0.25, 0.3) is 10.8 Å². The van der Waals surface area contributed by atoms with Gasteiger partial charge in [0.15, 0.2) is 5.16 Å². The fourth-order valence-corrected chi connectivity index (χ4v) is 3.15. The van der Waals surface area contributed by atoms with Crippen molar-refractivity contribution in [2.24, 2.45) is 0 Å². The second-order valence-electron chi connectivity index (χ2n) is 5.99. The molecule has 2 N–H and O–H groups in total. The van der Waals surface area contributed by atoms with Gasteiger partial charge in [-0.25, -0.2) is 4.98 Å². The molecule has 0 atom stereocenters. The summed E-state index contributed by atoms with van der Waals surface area (Å²) < 4.78 is 0. The van der Waals surface area contributed by atoms with Crippen molar-refractivity contribution in [3.63, 3.8) is 0 Å². The minimum atomic E-state index is -0.198. The number of rotatable bonds is 5. The van der Waals surface area contributed by atoms with E-state index >= 15 is 0 Å². The van der Waals surface area contributed by atoms with E-state index in [1.807, 2.05) is 56.3 Å². The van der Waals surface area contributed by atoms with Crippen LogP contribution in [0.4, 0.5) is 5.69 Å². The average Bonchev–Trinajstić information content (AvgIpc) is 2.60. The first kappa shape index (κ1) is 17.2. The van der Waals surface area contributed by atoms with Gasteiger partial charge in [0.2, 0.25) is 5.91 Å². The monoisotopic (exact) mass is 353 g/mol. The van der Waals surface area contributed by atoms with Gasteiger partial charge in [-0.3, -0.25) is 9.59 Å². The lowest BCUT2D eigenvalue weighted by Crippen LogP contribution is -2.16. The highest BCUT2D eigenvalue weighted by Crippen LogP contribution is 2.23. The minimum absolute atomic E-state index is 0.140. The number of hydrogen-bond donors (Lipinski definition) is 2. The van der Waals surface area contributed by atoms with Gasteiger partial charge in [-0.1, -0.05) is 62.0 Å². The Bertz CT molecular complexity index is 961. The highest BCUT2D eigenvalue weighted by atomic mass is 32.2. The third-order valence-corrected chi connectivity index (χ3v) is 4.61. The van der Waals surface area contributed by atoms with Crippen molar-refractivity contribution >= 4 is 34.1 Å². The zero-order chi connectivity index (χ0) is 17.8. The molecule has 6 heteroatoms. The van der Waals surface area contributed by atoms with Gasteiger partial charge in [-0.05, 0) is 17.4 Å². The Kier molecular flexibility index (Phi) is 5.19. The Balaban J connectivity index is 1.70. The van der Waals surface area contributed by atoms with Crippen LogP contribution in [-0.2, 0) is 4.79 Å². The van der Waals surface area contributed by atoms with Gasteiger partial charge in [0.25, 0.3) is 5.56 Å². The van der Waals surface area contributed by atoms with Crippen LogP contribution in [0.3, 0.4) is 0 Å². The van der Waals surface area contributed by atoms with Crippen molar-refractivity contribution in [3.05, 3.63) is 64.6 Å². The molecule has 2 aromatic carbocycles. The van der Waals surface area contributed by atoms with Crippen LogP contribution in [0.2, 0.25) is 0 Å². The number of H-pyrrole nitrogens is 1. The molecule has 1 amide bonds. The number of aromatic amines is 1. The molecular formula is C19H19N3O2S. The maximum absolute atomic E-state index is 12.3. The van der Waals surface area contributed by atoms with Crippen molar-refractivity contribution in [3.8, 4) is 0 Å². The number of carbonyl (C=O) groups is 1. The third kappa shape index (κ3) is 4.28. The number of amides is 1. The van der Waals surface area contributed by atoms with Gasteiger partial charge in [-0.2, -0.15) is 0 Å². The van der Waals surface area contributed by atoms with E-state index in [2.05, 4.69) is 15.3 Å². The molecule has 3 rings (SSSR count). The molecule has 0 saturated carbocycles. The molecule has 0 bridgehead atoms. The minimum Gasteiger partial charge on any atom is -0.325 e. The van der Waals surface area contributed by atoms with Crippen molar-refractivity contribution in [1.82, 2.24) is 9.97 Å².